The summed E-state index contributed by atoms with van der Waals surface area (Å²) in [5.41, 5.74) is 11.5. The lowest BCUT2D eigenvalue weighted by atomic mass is 10.2. The van der Waals surface area contributed by atoms with E-state index < -0.39 is 0 Å². The Hall–Kier alpha value is -4.10. The van der Waals surface area contributed by atoms with Crippen molar-refractivity contribution >= 4 is 17.0 Å². The zero-order chi connectivity index (χ0) is 20.5. The predicted molar refractivity (Wildman–Crippen MR) is 116 cm³/mol. The normalized spacial score (nSPS) is 11.1. The Morgan fingerprint density at radius 2 is 1.63 bits per heavy atom. The van der Waals surface area contributed by atoms with Crippen LogP contribution in [0.2, 0.25) is 0 Å². The molecule has 7 heteroatoms. The second-order valence-electron chi connectivity index (χ2n) is 6.79. The summed E-state index contributed by atoms with van der Waals surface area (Å²) in [5, 5.41) is 9.40. The summed E-state index contributed by atoms with van der Waals surface area (Å²) in [7, 11) is 0. The number of nitrogens with two attached hydrogens (primary N) is 1. The number of hydrogen-bond acceptors (Lipinski definition) is 6. The highest BCUT2D eigenvalue weighted by atomic mass is 16.3. The van der Waals surface area contributed by atoms with Crippen molar-refractivity contribution in [1.82, 2.24) is 24.5 Å². The van der Waals surface area contributed by atoms with E-state index in [0.717, 1.165) is 33.7 Å². The van der Waals surface area contributed by atoms with E-state index in [0.29, 0.717) is 17.3 Å². The summed E-state index contributed by atoms with van der Waals surface area (Å²) in [4.78, 5) is 18.3. The number of aliphatic hydroxyl groups excluding tert-OH is 1. The molecule has 0 radical (unpaired) electrons. The molecule has 0 aliphatic heterocycles. The minimum absolute atomic E-state index is 0.0184. The van der Waals surface area contributed by atoms with Gasteiger partial charge in [-0.25, -0.2) is 15.0 Å². The van der Waals surface area contributed by atoms with E-state index in [1.807, 2.05) is 71.3 Å². The summed E-state index contributed by atoms with van der Waals surface area (Å²) in [6.45, 7) is -0.0184. The molecule has 0 atom stereocenters. The molecule has 0 saturated heterocycles. The van der Waals surface area contributed by atoms with Crippen LogP contribution >= 0.6 is 0 Å². The van der Waals surface area contributed by atoms with E-state index in [9.17, 15) is 5.11 Å². The van der Waals surface area contributed by atoms with Crippen molar-refractivity contribution in [3.8, 4) is 28.5 Å². The molecule has 1 aromatic carbocycles. The third kappa shape index (κ3) is 3.07. The lowest BCUT2D eigenvalue weighted by Gasteiger charge is -2.11. The van der Waals surface area contributed by atoms with Crippen LogP contribution in [0.15, 0.2) is 79.1 Å². The molecule has 0 spiro atoms. The van der Waals surface area contributed by atoms with Gasteiger partial charge in [-0.05, 0) is 54.1 Å². The van der Waals surface area contributed by atoms with Gasteiger partial charge < -0.3 is 10.8 Å². The van der Waals surface area contributed by atoms with Crippen LogP contribution < -0.4 is 5.73 Å². The van der Waals surface area contributed by atoms with E-state index >= 15 is 0 Å². The summed E-state index contributed by atoms with van der Waals surface area (Å²) < 4.78 is 1.95. The van der Waals surface area contributed by atoms with Gasteiger partial charge in [-0.2, -0.15) is 0 Å². The predicted octanol–water partition coefficient (Wildman–Crippen LogP) is 3.62. The molecule has 146 valence electrons. The van der Waals surface area contributed by atoms with Crippen molar-refractivity contribution in [2.75, 3.05) is 5.73 Å². The first-order chi connectivity index (χ1) is 14.7. The molecule has 7 nitrogen and oxygen atoms in total. The molecule has 5 rings (SSSR count). The zero-order valence-electron chi connectivity index (χ0n) is 16.0. The van der Waals surface area contributed by atoms with Crippen LogP contribution in [0.4, 0.5) is 5.82 Å². The number of aromatic nitrogens is 5. The Morgan fingerprint density at radius 1 is 0.800 bits per heavy atom. The smallest absolute Gasteiger partial charge is 0.165 e. The molecule has 5 aromatic rings. The minimum atomic E-state index is -0.0184. The quantitative estimate of drug-likeness (QED) is 0.483. The van der Waals surface area contributed by atoms with Crippen LogP contribution in [-0.2, 0) is 6.61 Å². The number of imidazole rings is 1. The molecular formula is C23H18N6O. The molecule has 0 fully saturated rings. The SMILES string of the molecule is Nc1ncccc1-c1nc2ccc(-c3ccccn3)nc2n1-c1ccc(CO)cc1. The van der Waals surface area contributed by atoms with Crippen molar-refractivity contribution < 1.29 is 5.11 Å². The molecule has 4 heterocycles. The number of aliphatic hydroxyl groups is 1. The van der Waals surface area contributed by atoms with Crippen LogP contribution in [0.25, 0.3) is 39.6 Å². The maximum absolute atomic E-state index is 9.40. The minimum Gasteiger partial charge on any atom is -0.392 e. The topological polar surface area (TPSA) is 103 Å². The van der Waals surface area contributed by atoms with E-state index in [2.05, 4.69) is 9.97 Å². The first kappa shape index (κ1) is 18.0. The number of nitrogens with zero attached hydrogens (tertiary/aromatic N) is 5. The number of hydrogen-bond donors (Lipinski definition) is 2. The fourth-order valence-electron chi connectivity index (χ4n) is 3.40. The second kappa shape index (κ2) is 7.38. The fourth-order valence-corrected chi connectivity index (χ4v) is 3.40. The van der Waals surface area contributed by atoms with Gasteiger partial charge in [0.2, 0.25) is 0 Å². The Balaban J connectivity index is 1.79. The van der Waals surface area contributed by atoms with Gasteiger partial charge in [0.1, 0.15) is 11.3 Å². The van der Waals surface area contributed by atoms with Crippen LogP contribution in [0.3, 0.4) is 0 Å². The van der Waals surface area contributed by atoms with Gasteiger partial charge in [0.05, 0.1) is 23.6 Å². The molecule has 0 unspecified atom stereocenters. The third-order valence-electron chi connectivity index (χ3n) is 4.89. The third-order valence-corrected chi connectivity index (χ3v) is 4.89. The lowest BCUT2D eigenvalue weighted by Crippen LogP contribution is -2.02. The summed E-state index contributed by atoms with van der Waals surface area (Å²) in [6.07, 6.45) is 3.40. The Kier molecular flexibility index (Phi) is 4.42. The van der Waals surface area contributed by atoms with Gasteiger partial charge >= 0.3 is 0 Å². The van der Waals surface area contributed by atoms with Crippen molar-refractivity contribution in [3.63, 3.8) is 0 Å². The van der Waals surface area contributed by atoms with Crippen molar-refractivity contribution in [2.24, 2.45) is 0 Å². The van der Waals surface area contributed by atoms with Gasteiger partial charge in [-0.1, -0.05) is 18.2 Å². The maximum atomic E-state index is 9.40. The van der Waals surface area contributed by atoms with Crippen LogP contribution in [0.5, 0.6) is 0 Å². The van der Waals surface area contributed by atoms with Crippen LogP contribution in [0.1, 0.15) is 5.56 Å². The summed E-state index contributed by atoms with van der Waals surface area (Å²) in [5.74, 6) is 1.05. The average molecular weight is 394 g/mol. The van der Waals surface area contributed by atoms with Gasteiger partial charge in [-0.3, -0.25) is 9.55 Å². The molecule has 0 aliphatic carbocycles. The number of pyridine rings is 3. The monoisotopic (exact) mass is 394 g/mol. The van der Waals surface area contributed by atoms with Gasteiger partial charge in [-0.15, -0.1) is 0 Å². The zero-order valence-corrected chi connectivity index (χ0v) is 16.0. The number of benzene rings is 1. The lowest BCUT2D eigenvalue weighted by molar-refractivity contribution is 0.282. The Bertz CT molecular complexity index is 1330. The first-order valence-corrected chi connectivity index (χ1v) is 9.46. The van der Waals surface area contributed by atoms with E-state index in [-0.39, 0.29) is 6.61 Å². The number of anilines is 1. The highest BCUT2D eigenvalue weighted by molar-refractivity contribution is 5.84. The first-order valence-electron chi connectivity index (χ1n) is 9.46. The second-order valence-corrected chi connectivity index (χ2v) is 6.79. The standard InChI is InChI=1S/C23H18N6O/c24-21-17(4-3-13-26-21)22-28-20-11-10-19(18-5-1-2-12-25-18)27-23(20)29(22)16-8-6-15(14-30)7-9-16/h1-13,30H,14H2,(H2,24,26). The molecule has 30 heavy (non-hydrogen) atoms. The largest absolute Gasteiger partial charge is 0.392 e. The molecule has 0 bridgehead atoms. The highest BCUT2D eigenvalue weighted by Gasteiger charge is 2.18. The molecule has 0 aliphatic rings. The van der Waals surface area contributed by atoms with E-state index in [1.54, 1.807) is 12.4 Å². The van der Waals surface area contributed by atoms with Gasteiger partial charge in [0.25, 0.3) is 0 Å². The van der Waals surface area contributed by atoms with Crippen molar-refractivity contribution in [2.45, 2.75) is 6.61 Å². The Labute approximate surface area is 172 Å². The van der Waals surface area contributed by atoms with Crippen LogP contribution in [-0.4, -0.2) is 29.6 Å². The molecule has 4 aromatic heterocycles. The molecule has 3 N–H and O–H groups in total. The summed E-state index contributed by atoms with van der Waals surface area (Å²) >= 11 is 0. The highest BCUT2D eigenvalue weighted by Crippen LogP contribution is 2.31. The van der Waals surface area contributed by atoms with Gasteiger partial charge in [0, 0.05) is 18.1 Å². The molecule has 0 amide bonds. The van der Waals surface area contributed by atoms with Gasteiger partial charge in [0.15, 0.2) is 11.5 Å². The maximum Gasteiger partial charge on any atom is 0.165 e. The number of fused-ring (bicyclic) bond motifs is 1. The van der Waals surface area contributed by atoms with E-state index in [1.165, 1.54) is 0 Å². The number of nitrogen functional groups attached to an aromatic ring is 1. The van der Waals surface area contributed by atoms with Crippen molar-refractivity contribution in [3.05, 3.63) is 84.7 Å². The molecular weight excluding hydrogens is 376 g/mol. The van der Waals surface area contributed by atoms with E-state index in [4.69, 9.17) is 15.7 Å². The molecule has 0 saturated carbocycles. The van der Waals surface area contributed by atoms with Crippen LogP contribution in [0, 0.1) is 0 Å². The number of rotatable bonds is 4. The summed E-state index contributed by atoms with van der Waals surface area (Å²) in [6, 6.07) is 20.9. The van der Waals surface area contributed by atoms with Crippen molar-refractivity contribution in [1.29, 1.82) is 0 Å². The fraction of sp³-hybridized carbons (Fsp3) is 0.0435. The average Bonchev–Trinajstić information content (AvgIpc) is 3.18. The Morgan fingerprint density at radius 3 is 2.37 bits per heavy atom.